The number of carbonyl (C=O) groups excluding carboxylic acids is 1. The Morgan fingerprint density at radius 3 is 2.52 bits per heavy atom. The highest BCUT2D eigenvalue weighted by Crippen LogP contribution is 2.25. The first-order valence-corrected chi connectivity index (χ1v) is 9.50. The molecule has 1 saturated heterocycles. The van der Waals surface area contributed by atoms with E-state index in [0.29, 0.717) is 37.6 Å². The van der Waals surface area contributed by atoms with Crippen molar-refractivity contribution in [1.82, 2.24) is 4.90 Å². The highest BCUT2D eigenvalue weighted by Gasteiger charge is 2.22. The molecule has 0 aromatic heterocycles. The van der Waals surface area contributed by atoms with E-state index in [9.17, 15) is 9.18 Å². The molecule has 0 spiro atoms. The normalized spacial score (nSPS) is 14.7. The van der Waals surface area contributed by atoms with Crippen LogP contribution in [0.15, 0.2) is 47.4 Å². The lowest BCUT2D eigenvalue weighted by atomic mass is 10.2. The molecular formula is C20H23FN2OS. The van der Waals surface area contributed by atoms with E-state index in [0.717, 1.165) is 0 Å². The molecule has 3 rings (SSSR count). The van der Waals surface area contributed by atoms with Gasteiger partial charge in [0.1, 0.15) is 5.82 Å². The Kier molecular flexibility index (Phi) is 5.63. The molecule has 0 N–H and O–H groups in total. The number of nitrogens with zero attached hydrogens (tertiary/aromatic N) is 2. The predicted molar refractivity (Wildman–Crippen MR) is 102 cm³/mol. The summed E-state index contributed by atoms with van der Waals surface area (Å²) in [6.45, 7) is 6.75. The van der Waals surface area contributed by atoms with Crippen LogP contribution in [0.4, 0.5) is 10.1 Å². The van der Waals surface area contributed by atoms with Crippen LogP contribution in [0, 0.1) is 19.7 Å². The van der Waals surface area contributed by atoms with Gasteiger partial charge in [-0.15, -0.1) is 11.8 Å². The zero-order chi connectivity index (χ0) is 17.8. The molecule has 2 aromatic carbocycles. The number of aryl methyl sites for hydroxylation is 2. The van der Waals surface area contributed by atoms with Gasteiger partial charge in [0.25, 0.3) is 0 Å². The van der Waals surface area contributed by atoms with Crippen LogP contribution in [0.5, 0.6) is 0 Å². The second-order valence-electron chi connectivity index (χ2n) is 6.38. The first-order chi connectivity index (χ1) is 12.0. The van der Waals surface area contributed by atoms with Crippen LogP contribution < -0.4 is 4.90 Å². The zero-order valence-electron chi connectivity index (χ0n) is 14.7. The molecule has 0 unspecified atom stereocenters. The van der Waals surface area contributed by atoms with Crippen LogP contribution in [-0.4, -0.2) is 42.7 Å². The van der Waals surface area contributed by atoms with Gasteiger partial charge in [0.15, 0.2) is 0 Å². The molecule has 2 aromatic rings. The molecule has 1 heterocycles. The molecule has 5 heteroatoms. The summed E-state index contributed by atoms with van der Waals surface area (Å²) in [4.78, 5) is 17.6. The Morgan fingerprint density at radius 1 is 1.08 bits per heavy atom. The van der Waals surface area contributed by atoms with E-state index in [4.69, 9.17) is 0 Å². The largest absolute Gasteiger partial charge is 0.366 e. The third kappa shape index (κ3) is 4.34. The SMILES string of the molecule is Cc1ccc(C)c(SCC(=O)N2CCN(c3ccccc3F)CC2)c1. The number of thioether (sulfide) groups is 1. The summed E-state index contributed by atoms with van der Waals surface area (Å²) in [5.74, 6) is 0.399. The van der Waals surface area contributed by atoms with E-state index in [1.165, 1.54) is 22.1 Å². The summed E-state index contributed by atoms with van der Waals surface area (Å²) in [5, 5.41) is 0. The van der Waals surface area contributed by atoms with Gasteiger partial charge in [-0.05, 0) is 37.6 Å². The van der Waals surface area contributed by atoms with E-state index < -0.39 is 0 Å². The number of anilines is 1. The summed E-state index contributed by atoms with van der Waals surface area (Å²) in [6.07, 6.45) is 0. The van der Waals surface area contributed by atoms with Crippen molar-refractivity contribution in [2.24, 2.45) is 0 Å². The molecular weight excluding hydrogens is 335 g/mol. The molecule has 0 bridgehead atoms. The molecule has 0 atom stereocenters. The minimum absolute atomic E-state index is 0.152. The van der Waals surface area contributed by atoms with Gasteiger partial charge in [-0.2, -0.15) is 0 Å². The molecule has 1 aliphatic rings. The van der Waals surface area contributed by atoms with Gasteiger partial charge in [-0.3, -0.25) is 4.79 Å². The molecule has 1 fully saturated rings. The molecule has 3 nitrogen and oxygen atoms in total. The van der Waals surface area contributed by atoms with E-state index in [2.05, 4.69) is 32.0 Å². The Hall–Kier alpha value is -2.01. The van der Waals surface area contributed by atoms with E-state index >= 15 is 0 Å². The maximum atomic E-state index is 13.9. The molecule has 0 saturated carbocycles. The summed E-state index contributed by atoms with van der Waals surface area (Å²) in [6, 6.07) is 13.1. The minimum Gasteiger partial charge on any atom is -0.366 e. The Balaban J connectivity index is 1.53. The van der Waals surface area contributed by atoms with Crippen molar-refractivity contribution in [3.63, 3.8) is 0 Å². The lowest BCUT2D eigenvalue weighted by Gasteiger charge is -2.36. The molecule has 132 valence electrons. The standard InChI is InChI=1S/C20H23FN2OS/c1-15-7-8-16(2)19(13-15)25-14-20(24)23-11-9-22(10-12-23)18-6-4-3-5-17(18)21/h3-8,13H,9-12,14H2,1-2H3. The molecule has 0 aliphatic carbocycles. The van der Waals surface area contributed by atoms with Crippen molar-refractivity contribution < 1.29 is 9.18 Å². The van der Waals surface area contributed by atoms with Crippen molar-refractivity contribution in [1.29, 1.82) is 0 Å². The number of carbonyl (C=O) groups is 1. The number of para-hydroxylation sites is 1. The minimum atomic E-state index is -0.201. The molecule has 25 heavy (non-hydrogen) atoms. The maximum Gasteiger partial charge on any atom is 0.233 e. The summed E-state index contributed by atoms with van der Waals surface area (Å²) in [7, 11) is 0. The fraction of sp³-hybridized carbons (Fsp3) is 0.350. The lowest BCUT2D eigenvalue weighted by Crippen LogP contribution is -2.49. The Morgan fingerprint density at radius 2 is 1.80 bits per heavy atom. The number of rotatable bonds is 4. The van der Waals surface area contributed by atoms with Crippen molar-refractivity contribution in [2.45, 2.75) is 18.7 Å². The first-order valence-electron chi connectivity index (χ1n) is 8.52. The number of halogens is 1. The third-order valence-corrected chi connectivity index (χ3v) is 5.66. The fourth-order valence-electron chi connectivity index (χ4n) is 3.00. The molecule has 0 radical (unpaired) electrons. The van der Waals surface area contributed by atoms with Gasteiger partial charge in [0.2, 0.25) is 5.91 Å². The maximum absolute atomic E-state index is 13.9. The molecule has 1 amide bonds. The monoisotopic (exact) mass is 358 g/mol. The second-order valence-corrected chi connectivity index (χ2v) is 7.39. The van der Waals surface area contributed by atoms with Crippen molar-refractivity contribution >= 4 is 23.4 Å². The van der Waals surface area contributed by atoms with Gasteiger partial charge in [0.05, 0.1) is 11.4 Å². The highest BCUT2D eigenvalue weighted by atomic mass is 32.2. The quantitative estimate of drug-likeness (QED) is 0.775. The van der Waals surface area contributed by atoms with Crippen LogP contribution in [0.25, 0.3) is 0 Å². The molecule has 1 aliphatic heterocycles. The lowest BCUT2D eigenvalue weighted by molar-refractivity contribution is -0.128. The number of benzene rings is 2. The van der Waals surface area contributed by atoms with Crippen LogP contribution in [0.1, 0.15) is 11.1 Å². The van der Waals surface area contributed by atoms with E-state index in [-0.39, 0.29) is 11.7 Å². The fourth-order valence-corrected chi connectivity index (χ4v) is 4.03. The van der Waals surface area contributed by atoms with Crippen LogP contribution in [0.3, 0.4) is 0 Å². The highest BCUT2D eigenvalue weighted by molar-refractivity contribution is 8.00. The average molecular weight is 358 g/mol. The van der Waals surface area contributed by atoms with Gasteiger partial charge in [-0.1, -0.05) is 29.8 Å². The van der Waals surface area contributed by atoms with Gasteiger partial charge >= 0.3 is 0 Å². The van der Waals surface area contributed by atoms with E-state index in [1.807, 2.05) is 15.9 Å². The van der Waals surface area contributed by atoms with Crippen molar-refractivity contribution in [2.75, 3.05) is 36.8 Å². The average Bonchev–Trinajstić information content (AvgIpc) is 2.63. The predicted octanol–water partition coefficient (Wildman–Crippen LogP) is 3.88. The summed E-state index contributed by atoms with van der Waals surface area (Å²) < 4.78 is 13.9. The smallest absolute Gasteiger partial charge is 0.233 e. The zero-order valence-corrected chi connectivity index (χ0v) is 15.5. The van der Waals surface area contributed by atoms with E-state index in [1.54, 1.807) is 23.9 Å². The number of piperazine rings is 1. The summed E-state index contributed by atoms with van der Waals surface area (Å²) >= 11 is 1.60. The van der Waals surface area contributed by atoms with Crippen molar-refractivity contribution in [3.8, 4) is 0 Å². The number of amides is 1. The van der Waals surface area contributed by atoms with Crippen LogP contribution in [-0.2, 0) is 4.79 Å². The Labute approximate surface area is 152 Å². The number of hydrogen-bond donors (Lipinski definition) is 0. The summed E-state index contributed by atoms with van der Waals surface area (Å²) in [5.41, 5.74) is 3.03. The van der Waals surface area contributed by atoms with Crippen LogP contribution in [0.2, 0.25) is 0 Å². The Bertz CT molecular complexity index is 757. The third-order valence-electron chi connectivity index (χ3n) is 4.52. The van der Waals surface area contributed by atoms with Gasteiger partial charge in [0, 0.05) is 31.1 Å². The number of hydrogen-bond acceptors (Lipinski definition) is 3. The second kappa shape index (κ2) is 7.91. The topological polar surface area (TPSA) is 23.6 Å². The van der Waals surface area contributed by atoms with Gasteiger partial charge in [-0.25, -0.2) is 4.39 Å². The van der Waals surface area contributed by atoms with Gasteiger partial charge < -0.3 is 9.80 Å². The first kappa shape index (κ1) is 17.8. The van der Waals surface area contributed by atoms with Crippen molar-refractivity contribution in [3.05, 3.63) is 59.4 Å². The van der Waals surface area contributed by atoms with Crippen LogP contribution >= 0.6 is 11.8 Å².